The second-order valence-electron chi connectivity index (χ2n) is 4.80. The zero-order valence-electron chi connectivity index (χ0n) is 10.9. The first-order valence-corrected chi connectivity index (χ1v) is 6.33. The molecular formula is C13H12F5N3. The zero-order valence-corrected chi connectivity index (χ0v) is 10.9. The topological polar surface area (TPSA) is 39.1 Å². The molecule has 0 bridgehead atoms. The van der Waals surface area contributed by atoms with Crippen molar-refractivity contribution in [2.24, 2.45) is 0 Å². The van der Waals surface area contributed by atoms with Crippen LogP contribution in [0.1, 0.15) is 12.8 Å². The van der Waals surface area contributed by atoms with Gasteiger partial charge in [0, 0.05) is 19.1 Å². The Morgan fingerprint density at radius 2 is 1.43 bits per heavy atom. The Morgan fingerprint density at radius 1 is 0.952 bits per heavy atom. The number of nitrogens with zero attached hydrogens (tertiary/aromatic N) is 2. The third-order valence-corrected chi connectivity index (χ3v) is 3.44. The Kier molecular flexibility index (Phi) is 4.63. The average molecular weight is 305 g/mol. The molecule has 8 heteroatoms. The first-order valence-electron chi connectivity index (χ1n) is 6.33. The van der Waals surface area contributed by atoms with E-state index in [2.05, 4.69) is 5.32 Å². The summed E-state index contributed by atoms with van der Waals surface area (Å²) in [5.74, 6) is -9.80. The second kappa shape index (κ2) is 6.26. The van der Waals surface area contributed by atoms with Gasteiger partial charge in [0.25, 0.3) is 0 Å². The summed E-state index contributed by atoms with van der Waals surface area (Å²) in [5.41, 5.74) is -0.995. The summed E-state index contributed by atoms with van der Waals surface area (Å²) >= 11 is 0. The van der Waals surface area contributed by atoms with Gasteiger partial charge in [-0.15, -0.1) is 0 Å². The van der Waals surface area contributed by atoms with E-state index in [9.17, 15) is 22.0 Å². The summed E-state index contributed by atoms with van der Waals surface area (Å²) in [6.07, 6.45) is 0.891. The van der Waals surface area contributed by atoms with Crippen LogP contribution in [0.2, 0.25) is 0 Å². The van der Waals surface area contributed by atoms with Gasteiger partial charge in [-0.3, -0.25) is 4.90 Å². The number of benzene rings is 1. The Bertz CT molecular complexity index is 547. The van der Waals surface area contributed by atoms with Crippen LogP contribution in [0, 0.1) is 40.4 Å². The van der Waals surface area contributed by atoms with Crippen molar-refractivity contribution in [1.82, 2.24) is 4.90 Å². The summed E-state index contributed by atoms with van der Waals surface area (Å²) in [5, 5.41) is 10.9. The van der Waals surface area contributed by atoms with Gasteiger partial charge in [0.1, 0.15) is 5.69 Å². The molecule has 1 saturated heterocycles. The molecule has 1 aliphatic heterocycles. The molecule has 21 heavy (non-hydrogen) atoms. The predicted molar refractivity (Wildman–Crippen MR) is 64.9 cm³/mol. The monoisotopic (exact) mass is 305 g/mol. The quantitative estimate of drug-likeness (QED) is 0.404. The van der Waals surface area contributed by atoms with E-state index in [4.69, 9.17) is 5.26 Å². The molecule has 114 valence electrons. The normalized spacial score (nSPS) is 16.8. The molecule has 1 aromatic carbocycles. The molecule has 1 N–H and O–H groups in total. The van der Waals surface area contributed by atoms with Crippen LogP contribution in [0.5, 0.6) is 0 Å². The highest BCUT2D eigenvalue weighted by atomic mass is 19.2. The van der Waals surface area contributed by atoms with Gasteiger partial charge in [0.15, 0.2) is 23.3 Å². The molecular weight excluding hydrogens is 293 g/mol. The summed E-state index contributed by atoms with van der Waals surface area (Å²) in [7, 11) is 0. The highest BCUT2D eigenvalue weighted by Gasteiger charge is 2.28. The van der Waals surface area contributed by atoms with Gasteiger partial charge in [-0.25, -0.2) is 22.0 Å². The average Bonchev–Trinajstić information content (AvgIpc) is 2.49. The summed E-state index contributed by atoms with van der Waals surface area (Å²) in [4.78, 5) is 1.84. The molecule has 2 rings (SSSR count). The molecule has 3 nitrogen and oxygen atoms in total. The van der Waals surface area contributed by atoms with Crippen LogP contribution in [0.15, 0.2) is 0 Å². The van der Waals surface area contributed by atoms with Crippen LogP contribution < -0.4 is 5.32 Å². The lowest BCUT2D eigenvalue weighted by Gasteiger charge is -2.31. The lowest BCUT2D eigenvalue weighted by atomic mass is 10.0. The maximum atomic E-state index is 13.5. The van der Waals surface area contributed by atoms with E-state index in [1.807, 2.05) is 11.0 Å². The van der Waals surface area contributed by atoms with E-state index >= 15 is 0 Å². The van der Waals surface area contributed by atoms with Crippen molar-refractivity contribution in [2.45, 2.75) is 18.9 Å². The Hall–Kier alpha value is -1.88. The molecule has 0 aliphatic carbocycles. The molecule has 1 aliphatic rings. The van der Waals surface area contributed by atoms with Crippen molar-refractivity contribution in [2.75, 3.05) is 25.0 Å². The van der Waals surface area contributed by atoms with Crippen molar-refractivity contribution in [3.63, 3.8) is 0 Å². The predicted octanol–water partition coefficient (Wildman–Crippen LogP) is 2.78. The van der Waals surface area contributed by atoms with E-state index in [0.29, 0.717) is 25.9 Å². The third-order valence-electron chi connectivity index (χ3n) is 3.44. The van der Waals surface area contributed by atoms with Gasteiger partial charge in [-0.2, -0.15) is 5.26 Å². The van der Waals surface area contributed by atoms with Crippen LogP contribution in [0.3, 0.4) is 0 Å². The molecule has 0 radical (unpaired) electrons. The summed E-state index contributed by atoms with van der Waals surface area (Å²) in [6, 6.07) is 1.58. The van der Waals surface area contributed by atoms with Crippen molar-refractivity contribution in [1.29, 1.82) is 5.26 Å². The fourth-order valence-electron chi connectivity index (χ4n) is 2.27. The van der Waals surface area contributed by atoms with Crippen molar-refractivity contribution < 1.29 is 22.0 Å². The van der Waals surface area contributed by atoms with Gasteiger partial charge < -0.3 is 5.32 Å². The molecule has 1 fully saturated rings. The van der Waals surface area contributed by atoms with E-state index < -0.39 is 40.8 Å². The molecule has 1 aromatic rings. The number of anilines is 1. The molecule has 0 amide bonds. The Balaban J connectivity index is 2.13. The van der Waals surface area contributed by atoms with E-state index in [0.717, 1.165) is 0 Å². The molecule has 0 saturated carbocycles. The van der Waals surface area contributed by atoms with E-state index in [1.165, 1.54) is 0 Å². The Labute approximate surface area is 118 Å². The lowest BCUT2D eigenvalue weighted by Crippen LogP contribution is -2.39. The number of nitriles is 1. The maximum Gasteiger partial charge on any atom is 0.200 e. The van der Waals surface area contributed by atoms with Gasteiger partial charge in [0.2, 0.25) is 5.82 Å². The smallest absolute Gasteiger partial charge is 0.200 e. The van der Waals surface area contributed by atoms with Crippen molar-refractivity contribution in [3.8, 4) is 6.07 Å². The summed E-state index contributed by atoms with van der Waals surface area (Å²) < 4.78 is 66.1. The largest absolute Gasteiger partial charge is 0.377 e. The van der Waals surface area contributed by atoms with Crippen LogP contribution >= 0.6 is 0 Å². The number of nitrogens with one attached hydrogen (secondary N) is 1. The molecule has 0 unspecified atom stereocenters. The fourth-order valence-corrected chi connectivity index (χ4v) is 2.27. The Morgan fingerprint density at radius 3 is 1.90 bits per heavy atom. The number of halogens is 5. The van der Waals surface area contributed by atoms with Gasteiger partial charge in [-0.1, -0.05) is 0 Å². The fraction of sp³-hybridized carbons (Fsp3) is 0.462. The second-order valence-corrected chi connectivity index (χ2v) is 4.80. The highest BCUT2D eigenvalue weighted by molar-refractivity contribution is 5.48. The number of piperidine rings is 1. The van der Waals surface area contributed by atoms with E-state index in [1.54, 1.807) is 0 Å². The molecule has 0 atom stereocenters. The van der Waals surface area contributed by atoms with Crippen molar-refractivity contribution >= 4 is 5.69 Å². The number of hydrogen-bond acceptors (Lipinski definition) is 3. The molecule has 1 heterocycles. The molecule has 0 aromatic heterocycles. The lowest BCUT2D eigenvalue weighted by molar-refractivity contribution is 0.242. The minimum Gasteiger partial charge on any atom is -0.377 e. The SMILES string of the molecule is N#CCN1CCC(Nc2c(F)c(F)c(F)c(F)c2F)CC1. The van der Waals surface area contributed by atoms with Gasteiger partial charge in [0.05, 0.1) is 12.6 Å². The maximum absolute atomic E-state index is 13.5. The van der Waals surface area contributed by atoms with Crippen LogP contribution in [-0.4, -0.2) is 30.6 Å². The molecule has 0 spiro atoms. The minimum absolute atomic E-state index is 0.245. The first kappa shape index (κ1) is 15.5. The van der Waals surface area contributed by atoms with Crippen LogP contribution in [0.4, 0.5) is 27.6 Å². The van der Waals surface area contributed by atoms with Gasteiger partial charge in [-0.05, 0) is 12.8 Å². The third kappa shape index (κ3) is 3.08. The number of likely N-dealkylation sites (tertiary alicyclic amines) is 1. The minimum atomic E-state index is -2.17. The highest BCUT2D eigenvalue weighted by Crippen LogP contribution is 2.28. The number of hydrogen-bond donors (Lipinski definition) is 1. The van der Waals surface area contributed by atoms with Gasteiger partial charge >= 0.3 is 0 Å². The standard InChI is InChI=1S/C13H12F5N3/c14-8-9(15)11(17)13(12(18)10(8)16)20-7-1-4-21(5-2-7)6-3-19/h7,20H,1-2,4-6H2. The van der Waals surface area contributed by atoms with E-state index in [-0.39, 0.29) is 6.54 Å². The zero-order chi connectivity index (χ0) is 15.6. The first-order chi connectivity index (χ1) is 9.95. The van der Waals surface area contributed by atoms with Crippen LogP contribution in [0.25, 0.3) is 0 Å². The van der Waals surface area contributed by atoms with Crippen LogP contribution in [-0.2, 0) is 0 Å². The number of rotatable bonds is 3. The summed E-state index contributed by atoms with van der Waals surface area (Å²) in [6.45, 7) is 1.27. The van der Waals surface area contributed by atoms with Crippen molar-refractivity contribution in [3.05, 3.63) is 29.1 Å².